The zero-order valence-electron chi connectivity index (χ0n) is 29.7. The molecule has 0 unspecified atom stereocenters. The summed E-state index contributed by atoms with van der Waals surface area (Å²) >= 11 is 0. The number of aromatic hydroxyl groups is 1. The zero-order valence-corrected chi connectivity index (χ0v) is 32.0. The minimum atomic E-state index is -0.135. The number of fused-ring (bicyclic) bond motifs is 4. The van der Waals surface area contributed by atoms with Crippen LogP contribution in [0, 0.1) is 17.4 Å². The van der Waals surface area contributed by atoms with Crippen LogP contribution in [0.3, 0.4) is 0 Å². The summed E-state index contributed by atoms with van der Waals surface area (Å²) in [6.07, 6.45) is 1.75. The van der Waals surface area contributed by atoms with Crippen molar-refractivity contribution in [2.24, 2.45) is 0 Å². The number of imidazole rings is 1. The summed E-state index contributed by atoms with van der Waals surface area (Å²) in [7, 11) is 0. The van der Waals surface area contributed by atoms with Crippen LogP contribution in [-0.2, 0) is 26.5 Å². The minimum Gasteiger partial charge on any atom is -0.507 e. The molecule has 264 valence electrons. The van der Waals surface area contributed by atoms with Gasteiger partial charge in [-0.05, 0) is 58.3 Å². The van der Waals surface area contributed by atoms with E-state index in [4.69, 9.17) is 14.4 Å². The minimum absolute atomic E-state index is 0. The SMILES string of the molecule is CC(C)(C)c1ccc(O)c(-c2nc3c(-c4[c-]c(-c5cc(C#N)c(-c6ccccc6)cn5)c5oc6ccccc6c5c4)cccc3n2-c2ccccc2)c1.[Pt]. The van der Waals surface area contributed by atoms with E-state index in [1.807, 2.05) is 103 Å². The normalized spacial score (nSPS) is 11.5. The molecule has 0 bridgehead atoms. The fourth-order valence-corrected chi connectivity index (χ4v) is 7.14. The molecule has 9 rings (SSSR count). The number of phenolic OH excluding ortho intramolecular Hbond substituents is 1. The molecule has 0 spiro atoms. The van der Waals surface area contributed by atoms with Gasteiger partial charge >= 0.3 is 0 Å². The molecule has 6 aromatic carbocycles. The molecule has 3 aromatic heterocycles. The number of benzene rings is 6. The first-order valence-electron chi connectivity index (χ1n) is 17.5. The Morgan fingerprint density at radius 3 is 2.26 bits per heavy atom. The second-order valence-electron chi connectivity index (χ2n) is 14.3. The van der Waals surface area contributed by atoms with Crippen molar-refractivity contribution in [2.45, 2.75) is 26.2 Å². The molecule has 0 aliphatic rings. The number of hydrogen-bond acceptors (Lipinski definition) is 5. The molecule has 1 N–H and O–H groups in total. The Morgan fingerprint density at radius 1 is 0.759 bits per heavy atom. The van der Waals surface area contributed by atoms with E-state index in [1.165, 1.54) is 0 Å². The molecule has 3 heterocycles. The third-order valence-corrected chi connectivity index (χ3v) is 9.87. The molecule has 7 heteroatoms. The van der Waals surface area contributed by atoms with Gasteiger partial charge in [-0.1, -0.05) is 123 Å². The molecule has 6 nitrogen and oxygen atoms in total. The van der Waals surface area contributed by atoms with Gasteiger partial charge in [-0.3, -0.25) is 9.55 Å². The average molecular weight is 881 g/mol. The predicted octanol–water partition coefficient (Wildman–Crippen LogP) is 11.7. The molecule has 0 fully saturated rings. The first-order valence-corrected chi connectivity index (χ1v) is 17.5. The van der Waals surface area contributed by atoms with Gasteiger partial charge in [-0.25, -0.2) is 4.98 Å². The Balaban J connectivity index is 0.00000413. The summed E-state index contributed by atoms with van der Waals surface area (Å²) in [6, 6.07) is 49.8. The van der Waals surface area contributed by atoms with Crippen LogP contribution in [0.5, 0.6) is 5.75 Å². The van der Waals surface area contributed by atoms with E-state index in [0.29, 0.717) is 33.8 Å². The number of nitriles is 1. The van der Waals surface area contributed by atoms with Crippen LogP contribution in [0.2, 0.25) is 0 Å². The van der Waals surface area contributed by atoms with Crippen molar-refractivity contribution in [1.82, 2.24) is 14.5 Å². The third kappa shape index (κ3) is 5.88. The standard InChI is InChI=1S/C47H33N4O2.Pt/c1-47(2,3)32-21-22-42(52)38(26-32)46-50-44-34(18-12-19-41(44)51(46)33-15-8-5-9-16-33)30-23-36-35-17-10-11-20-43(35)53-45(36)37(24-30)40-25-31(27-48)39(28-49-40)29-13-6-4-7-14-29;/h4-23,25-26,28,52H,1-3H3;/q-1;. The summed E-state index contributed by atoms with van der Waals surface area (Å²) < 4.78 is 8.60. The number of nitrogens with zero attached hydrogens (tertiary/aromatic N) is 4. The fourth-order valence-electron chi connectivity index (χ4n) is 7.14. The Hall–Kier alpha value is -6.28. The maximum absolute atomic E-state index is 11.3. The molecule has 0 saturated carbocycles. The van der Waals surface area contributed by atoms with Gasteiger partial charge in [0.2, 0.25) is 0 Å². The summed E-state index contributed by atoms with van der Waals surface area (Å²) in [5, 5.41) is 23.5. The van der Waals surface area contributed by atoms with Gasteiger partial charge in [0.05, 0.1) is 33.8 Å². The number of pyridine rings is 1. The molecule has 9 aromatic rings. The van der Waals surface area contributed by atoms with E-state index in [0.717, 1.165) is 60.9 Å². The smallest absolute Gasteiger partial charge is 0.148 e. The largest absolute Gasteiger partial charge is 0.507 e. The van der Waals surface area contributed by atoms with Crippen molar-refractivity contribution in [2.75, 3.05) is 0 Å². The van der Waals surface area contributed by atoms with Gasteiger partial charge in [-0.2, -0.15) is 5.26 Å². The quantitative estimate of drug-likeness (QED) is 0.174. The number of hydrogen-bond donors (Lipinski definition) is 1. The predicted molar refractivity (Wildman–Crippen MR) is 212 cm³/mol. The van der Waals surface area contributed by atoms with Crippen molar-refractivity contribution in [3.05, 3.63) is 157 Å². The first kappa shape index (κ1) is 34.8. The molecule has 0 aliphatic heterocycles. The zero-order chi connectivity index (χ0) is 36.3. The van der Waals surface area contributed by atoms with Crippen molar-refractivity contribution in [1.29, 1.82) is 5.26 Å². The van der Waals surface area contributed by atoms with Crippen LogP contribution in [0.25, 0.3) is 83.6 Å². The Kier molecular flexibility index (Phi) is 8.76. The van der Waals surface area contributed by atoms with Gasteiger partial charge in [-0.15, -0.1) is 17.7 Å². The Bertz CT molecular complexity index is 2900. The second kappa shape index (κ2) is 13.6. The van der Waals surface area contributed by atoms with Crippen molar-refractivity contribution in [3.63, 3.8) is 0 Å². The summed E-state index contributed by atoms with van der Waals surface area (Å²) in [5.41, 5.74) is 10.7. The van der Waals surface area contributed by atoms with E-state index < -0.39 is 0 Å². The van der Waals surface area contributed by atoms with Crippen LogP contribution >= 0.6 is 0 Å². The van der Waals surface area contributed by atoms with E-state index in [2.05, 4.69) is 61.7 Å². The van der Waals surface area contributed by atoms with Crippen LogP contribution in [-0.4, -0.2) is 19.6 Å². The van der Waals surface area contributed by atoms with E-state index in [1.54, 1.807) is 12.3 Å². The topological polar surface area (TPSA) is 87.9 Å². The van der Waals surface area contributed by atoms with Gasteiger partial charge in [0.1, 0.15) is 17.2 Å². The van der Waals surface area contributed by atoms with Crippen LogP contribution in [0.1, 0.15) is 31.9 Å². The number of aromatic nitrogens is 3. The summed E-state index contributed by atoms with van der Waals surface area (Å²) in [4.78, 5) is 10.2. The average Bonchev–Trinajstić information content (AvgIpc) is 3.77. The number of rotatable bonds is 5. The van der Waals surface area contributed by atoms with E-state index in [9.17, 15) is 10.4 Å². The molecule has 54 heavy (non-hydrogen) atoms. The van der Waals surface area contributed by atoms with Crippen molar-refractivity contribution < 1.29 is 30.6 Å². The van der Waals surface area contributed by atoms with E-state index >= 15 is 0 Å². The third-order valence-electron chi connectivity index (χ3n) is 9.87. The first-order chi connectivity index (χ1) is 25.8. The Morgan fingerprint density at radius 2 is 1.50 bits per heavy atom. The maximum atomic E-state index is 11.3. The number of para-hydroxylation sites is 3. The fraction of sp³-hybridized carbons (Fsp3) is 0.0851. The monoisotopic (exact) mass is 880 g/mol. The molecule has 0 atom stereocenters. The molecular weight excluding hydrogens is 848 g/mol. The Labute approximate surface area is 327 Å². The van der Waals surface area contributed by atoms with E-state index in [-0.39, 0.29) is 32.2 Å². The molecule has 0 aliphatic carbocycles. The second-order valence-corrected chi connectivity index (χ2v) is 14.3. The van der Waals surface area contributed by atoms with Crippen LogP contribution < -0.4 is 0 Å². The van der Waals surface area contributed by atoms with Crippen molar-refractivity contribution >= 4 is 33.0 Å². The summed E-state index contributed by atoms with van der Waals surface area (Å²) in [5.74, 6) is 0.791. The van der Waals surface area contributed by atoms with Crippen LogP contribution in [0.15, 0.2) is 144 Å². The molecule has 0 amide bonds. The molecule has 0 saturated heterocycles. The molecular formula is C47H33N4O2Pt-. The van der Waals surface area contributed by atoms with Gasteiger partial charge in [0, 0.05) is 49.6 Å². The van der Waals surface area contributed by atoms with Gasteiger partial charge in [0.15, 0.2) is 0 Å². The van der Waals surface area contributed by atoms with Gasteiger partial charge < -0.3 is 9.52 Å². The van der Waals surface area contributed by atoms with Gasteiger partial charge in [0.25, 0.3) is 0 Å². The summed E-state index contributed by atoms with van der Waals surface area (Å²) in [6.45, 7) is 6.48. The number of phenols is 1. The van der Waals surface area contributed by atoms with Crippen molar-refractivity contribution in [3.8, 4) is 62.4 Å². The maximum Gasteiger partial charge on any atom is 0.148 e. The molecule has 0 radical (unpaired) electrons. The van der Waals surface area contributed by atoms with Crippen LogP contribution in [0.4, 0.5) is 0 Å². The number of furan rings is 1.